The van der Waals surface area contributed by atoms with Crippen molar-refractivity contribution in [2.75, 3.05) is 0 Å². The molecule has 2 fully saturated rings. The Hall–Kier alpha value is -0.510. The molecule has 0 spiro atoms. The molecule has 2 aliphatic rings. The second-order valence-electron chi connectivity index (χ2n) is 6.00. The van der Waals surface area contributed by atoms with Crippen LogP contribution in [0.2, 0.25) is 10.0 Å². The van der Waals surface area contributed by atoms with Crippen molar-refractivity contribution in [2.24, 2.45) is 11.1 Å². The molecule has 2 nitrogen and oxygen atoms in total. The van der Waals surface area contributed by atoms with Crippen molar-refractivity contribution in [1.82, 2.24) is 0 Å². The number of rotatable bonds is 2. The standard InChI is InChI=1S/C14H16Cl2FNO/c15-8-5-9(11(16)10(19)6-8)12(18)13-1-3-14(17,7-13)4-2-13/h5-6,12,19H,1-4,7,18H2/t12-,13?,14?/m1/s1. The Morgan fingerprint density at radius 1 is 1.21 bits per heavy atom. The zero-order valence-electron chi connectivity index (χ0n) is 10.4. The number of nitrogens with two attached hydrogens (primary N) is 1. The van der Waals surface area contributed by atoms with Crippen molar-refractivity contribution in [1.29, 1.82) is 0 Å². The zero-order chi connectivity index (χ0) is 13.8. The quantitative estimate of drug-likeness (QED) is 0.852. The van der Waals surface area contributed by atoms with E-state index in [4.69, 9.17) is 28.9 Å². The summed E-state index contributed by atoms with van der Waals surface area (Å²) >= 11 is 12.1. The number of halogens is 3. The molecule has 19 heavy (non-hydrogen) atoms. The summed E-state index contributed by atoms with van der Waals surface area (Å²) in [4.78, 5) is 0. The van der Waals surface area contributed by atoms with Gasteiger partial charge < -0.3 is 10.8 Å². The molecule has 5 heteroatoms. The highest BCUT2D eigenvalue weighted by molar-refractivity contribution is 6.34. The van der Waals surface area contributed by atoms with Crippen molar-refractivity contribution >= 4 is 23.2 Å². The van der Waals surface area contributed by atoms with Gasteiger partial charge in [-0.3, -0.25) is 0 Å². The van der Waals surface area contributed by atoms with Crippen LogP contribution < -0.4 is 5.73 Å². The molecule has 0 unspecified atom stereocenters. The molecule has 1 aromatic rings. The number of phenolic OH excluding ortho intramolecular Hbond substituents is 1. The molecular formula is C14H16Cl2FNO. The predicted molar refractivity (Wildman–Crippen MR) is 74.4 cm³/mol. The maximum atomic E-state index is 14.3. The van der Waals surface area contributed by atoms with Gasteiger partial charge in [-0.15, -0.1) is 0 Å². The predicted octanol–water partition coefficient (Wildman–Crippen LogP) is 4.37. The Morgan fingerprint density at radius 2 is 1.84 bits per heavy atom. The molecule has 0 heterocycles. The fraction of sp³-hybridized carbons (Fsp3) is 0.571. The lowest BCUT2D eigenvalue weighted by molar-refractivity contribution is 0.175. The van der Waals surface area contributed by atoms with E-state index in [-0.39, 0.29) is 22.2 Å². The molecule has 0 aliphatic heterocycles. The van der Waals surface area contributed by atoms with Crippen molar-refractivity contribution in [3.05, 3.63) is 27.7 Å². The average Bonchev–Trinajstić information content (AvgIpc) is 2.87. The van der Waals surface area contributed by atoms with E-state index in [9.17, 15) is 9.50 Å². The van der Waals surface area contributed by atoms with Gasteiger partial charge in [-0.2, -0.15) is 0 Å². The van der Waals surface area contributed by atoms with Gasteiger partial charge >= 0.3 is 0 Å². The van der Waals surface area contributed by atoms with Crippen LogP contribution in [0.5, 0.6) is 5.75 Å². The normalized spacial score (nSPS) is 34.7. The van der Waals surface area contributed by atoms with Crippen molar-refractivity contribution in [3.63, 3.8) is 0 Å². The van der Waals surface area contributed by atoms with Crippen molar-refractivity contribution in [3.8, 4) is 5.75 Å². The van der Waals surface area contributed by atoms with Crippen LogP contribution in [0.3, 0.4) is 0 Å². The summed E-state index contributed by atoms with van der Waals surface area (Å²) < 4.78 is 14.3. The second kappa shape index (κ2) is 4.24. The maximum Gasteiger partial charge on any atom is 0.135 e. The third-order valence-corrected chi connectivity index (χ3v) is 5.48. The molecule has 1 atom stereocenters. The van der Waals surface area contributed by atoms with Crippen LogP contribution >= 0.6 is 23.2 Å². The molecule has 104 valence electrons. The van der Waals surface area contributed by atoms with Crippen LogP contribution in [-0.2, 0) is 0 Å². The van der Waals surface area contributed by atoms with Gasteiger partial charge in [0.2, 0.25) is 0 Å². The highest BCUT2D eigenvalue weighted by atomic mass is 35.5. The molecular weight excluding hydrogens is 288 g/mol. The molecule has 3 N–H and O–H groups in total. The zero-order valence-corrected chi connectivity index (χ0v) is 11.9. The van der Waals surface area contributed by atoms with E-state index in [0.29, 0.717) is 29.8 Å². The van der Waals surface area contributed by atoms with E-state index in [1.807, 2.05) is 0 Å². The summed E-state index contributed by atoms with van der Waals surface area (Å²) in [6.07, 6.45) is 3.18. The monoisotopic (exact) mass is 303 g/mol. The van der Waals surface area contributed by atoms with Gasteiger partial charge in [0.25, 0.3) is 0 Å². The smallest absolute Gasteiger partial charge is 0.135 e. The number of aromatic hydroxyl groups is 1. The molecule has 2 saturated carbocycles. The first-order chi connectivity index (χ1) is 8.85. The highest BCUT2D eigenvalue weighted by Gasteiger charge is 2.57. The minimum atomic E-state index is -1.05. The van der Waals surface area contributed by atoms with Crippen LogP contribution in [0.25, 0.3) is 0 Å². The number of benzene rings is 1. The molecule has 0 amide bonds. The number of hydrogen-bond acceptors (Lipinski definition) is 2. The first-order valence-corrected chi connectivity index (χ1v) is 7.23. The summed E-state index contributed by atoms with van der Waals surface area (Å²) in [5, 5.41) is 10.4. The van der Waals surface area contributed by atoms with Gasteiger partial charge in [0.15, 0.2) is 0 Å². The lowest BCUT2D eigenvalue weighted by Crippen LogP contribution is -2.31. The molecule has 0 aromatic heterocycles. The lowest BCUT2D eigenvalue weighted by Gasteiger charge is -2.33. The van der Waals surface area contributed by atoms with Gasteiger partial charge in [0.1, 0.15) is 11.4 Å². The van der Waals surface area contributed by atoms with Gasteiger partial charge in [-0.05, 0) is 49.1 Å². The average molecular weight is 304 g/mol. The van der Waals surface area contributed by atoms with Gasteiger partial charge in [0.05, 0.1) is 5.02 Å². The summed E-state index contributed by atoms with van der Waals surface area (Å²) in [7, 11) is 0. The van der Waals surface area contributed by atoms with E-state index < -0.39 is 5.67 Å². The largest absolute Gasteiger partial charge is 0.506 e. The molecule has 2 bridgehead atoms. The first-order valence-electron chi connectivity index (χ1n) is 6.48. The van der Waals surface area contributed by atoms with E-state index >= 15 is 0 Å². The topological polar surface area (TPSA) is 46.2 Å². The number of alkyl halides is 1. The van der Waals surface area contributed by atoms with Crippen LogP contribution in [0, 0.1) is 5.41 Å². The molecule has 3 rings (SSSR count). The van der Waals surface area contributed by atoms with E-state index in [0.717, 1.165) is 12.8 Å². The Labute approximate surface area is 121 Å². The van der Waals surface area contributed by atoms with Crippen LogP contribution in [0.4, 0.5) is 4.39 Å². The number of fused-ring (bicyclic) bond motifs is 2. The fourth-order valence-electron chi connectivity index (χ4n) is 3.75. The van der Waals surface area contributed by atoms with E-state index in [1.54, 1.807) is 6.07 Å². The molecule has 0 radical (unpaired) electrons. The Balaban J connectivity index is 1.99. The second-order valence-corrected chi connectivity index (χ2v) is 6.81. The van der Waals surface area contributed by atoms with E-state index in [2.05, 4.69) is 0 Å². The van der Waals surface area contributed by atoms with Crippen LogP contribution in [-0.4, -0.2) is 10.8 Å². The molecule has 1 aromatic carbocycles. The minimum Gasteiger partial charge on any atom is -0.506 e. The minimum absolute atomic E-state index is 0.0708. The highest BCUT2D eigenvalue weighted by Crippen LogP contribution is 2.63. The summed E-state index contributed by atoms with van der Waals surface area (Å²) in [5.41, 5.74) is 5.68. The summed E-state index contributed by atoms with van der Waals surface area (Å²) in [6.45, 7) is 0. The van der Waals surface area contributed by atoms with Gasteiger partial charge in [-0.25, -0.2) is 4.39 Å². The Bertz CT molecular complexity index is 526. The third kappa shape index (κ3) is 2.03. The van der Waals surface area contributed by atoms with Crippen LogP contribution in [0.15, 0.2) is 12.1 Å². The van der Waals surface area contributed by atoms with Gasteiger partial charge in [-0.1, -0.05) is 23.2 Å². The fourth-order valence-corrected chi connectivity index (χ4v) is 4.20. The maximum absolute atomic E-state index is 14.3. The van der Waals surface area contributed by atoms with Crippen molar-refractivity contribution < 1.29 is 9.50 Å². The number of hydrogen-bond donors (Lipinski definition) is 2. The lowest BCUT2D eigenvalue weighted by atomic mass is 9.75. The van der Waals surface area contributed by atoms with Gasteiger partial charge in [0, 0.05) is 17.1 Å². The summed E-state index contributed by atoms with van der Waals surface area (Å²) in [6, 6.07) is 2.69. The molecule has 0 saturated heterocycles. The van der Waals surface area contributed by atoms with Crippen LogP contribution in [0.1, 0.15) is 43.7 Å². The third-order valence-electron chi connectivity index (χ3n) is 4.85. The Morgan fingerprint density at radius 3 is 2.37 bits per heavy atom. The SMILES string of the molecule is N[C@H](c1cc(Cl)cc(O)c1Cl)C12CCC(F)(CC1)C2. The van der Waals surface area contributed by atoms with E-state index in [1.165, 1.54) is 6.07 Å². The Kier molecular flexibility index (Phi) is 3.01. The number of phenols is 1. The van der Waals surface area contributed by atoms with Crippen molar-refractivity contribution in [2.45, 2.75) is 43.8 Å². The first kappa shape index (κ1) is 13.5. The molecule has 2 aliphatic carbocycles. The summed E-state index contributed by atoms with van der Waals surface area (Å²) in [5.74, 6) is -0.0708.